The van der Waals surface area contributed by atoms with E-state index in [4.69, 9.17) is 0 Å². The Morgan fingerprint density at radius 3 is 2.17 bits per heavy atom. The van der Waals surface area contributed by atoms with Gasteiger partial charge in [0.1, 0.15) is 11.7 Å². The molecule has 0 radical (unpaired) electrons. The SMILES string of the molecule is CC(=O)[C@@H](C(=O)Nc1ccccc1)[C@@H](C)N(C)C. The Hall–Kier alpha value is -1.68. The van der Waals surface area contributed by atoms with Gasteiger partial charge in [0.15, 0.2) is 0 Å². The van der Waals surface area contributed by atoms with Gasteiger partial charge in [-0.25, -0.2) is 0 Å². The zero-order valence-corrected chi connectivity index (χ0v) is 11.3. The molecule has 0 unspecified atom stereocenters. The van der Waals surface area contributed by atoms with E-state index in [9.17, 15) is 9.59 Å². The fraction of sp³-hybridized carbons (Fsp3) is 0.429. The van der Waals surface area contributed by atoms with Crippen molar-refractivity contribution in [2.45, 2.75) is 19.9 Å². The second-order valence-electron chi connectivity index (χ2n) is 4.65. The summed E-state index contributed by atoms with van der Waals surface area (Å²) >= 11 is 0. The first-order valence-electron chi connectivity index (χ1n) is 5.96. The van der Waals surface area contributed by atoms with Gasteiger partial charge < -0.3 is 10.2 Å². The molecule has 1 aromatic rings. The minimum absolute atomic E-state index is 0.121. The molecule has 0 aliphatic rings. The smallest absolute Gasteiger partial charge is 0.236 e. The Balaban J connectivity index is 2.81. The molecule has 98 valence electrons. The largest absolute Gasteiger partial charge is 0.325 e. The van der Waals surface area contributed by atoms with Crippen molar-refractivity contribution >= 4 is 17.4 Å². The Bertz CT molecular complexity index is 415. The van der Waals surface area contributed by atoms with Gasteiger partial charge in [0.25, 0.3) is 0 Å². The topological polar surface area (TPSA) is 49.4 Å². The third-order valence-corrected chi connectivity index (χ3v) is 3.06. The Morgan fingerprint density at radius 2 is 1.72 bits per heavy atom. The molecule has 18 heavy (non-hydrogen) atoms. The molecule has 1 amide bonds. The second kappa shape index (κ2) is 6.31. The van der Waals surface area contributed by atoms with Crippen molar-refractivity contribution in [3.8, 4) is 0 Å². The van der Waals surface area contributed by atoms with Gasteiger partial charge in [0.05, 0.1) is 0 Å². The van der Waals surface area contributed by atoms with E-state index in [0.29, 0.717) is 5.69 Å². The summed E-state index contributed by atoms with van der Waals surface area (Å²) in [6.07, 6.45) is 0. The van der Waals surface area contributed by atoms with E-state index in [-0.39, 0.29) is 17.7 Å². The summed E-state index contributed by atoms with van der Waals surface area (Å²) in [6, 6.07) is 9.03. The number of para-hydroxylation sites is 1. The van der Waals surface area contributed by atoms with Crippen LogP contribution in [-0.4, -0.2) is 36.7 Å². The van der Waals surface area contributed by atoms with Gasteiger partial charge in [0.2, 0.25) is 5.91 Å². The third kappa shape index (κ3) is 3.67. The number of rotatable bonds is 5. The van der Waals surface area contributed by atoms with E-state index >= 15 is 0 Å². The van der Waals surface area contributed by atoms with Crippen molar-refractivity contribution in [2.24, 2.45) is 5.92 Å². The highest BCUT2D eigenvalue weighted by atomic mass is 16.2. The van der Waals surface area contributed by atoms with Gasteiger partial charge in [-0.2, -0.15) is 0 Å². The summed E-state index contributed by atoms with van der Waals surface area (Å²) in [5.74, 6) is -1.03. The number of nitrogens with zero attached hydrogens (tertiary/aromatic N) is 1. The molecule has 1 aromatic carbocycles. The van der Waals surface area contributed by atoms with E-state index < -0.39 is 5.92 Å². The molecule has 4 nitrogen and oxygen atoms in total. The fourth-order valence-corrected chi connectivity index (χ4v) is 1.78. The molecule has 0 fully saturated rings. The number of benzene rings is 1. The number of nitrogens with one attached hydrogen (secondary N) is 1. The van der Waals surface area contributed by atoms with Gasteiger partial charge in [0, 0.05) is 11.7 Å². The molecule has 4 heteroatoms. The summed E-state index contributed by atoms with van der Waals surface area (Å²) in [4.78, 5) is 25.6. The first-order chi connectivity index (χ1) is 8.43. The third-order valence-electron chi connectivity index (χ3n) is 3.06. The van der Waals surface area contributed by atoms with E-state index in [1.165, 1.54) is 6.92 Å². The molecule has 0 spiro atoms. The van der Waals surface area contributed by atoms with Crippen LogP contribution in [0.5, 0.6) is 0 Å². The van der Waals surface area contributed by atoms with Crippen LogP contribution >= 0.6 is 0 Å². The molecule has 0 aromatic heterocycles. The number of hydrogen-bond donors (Lipinski definition) is 1. The molecular formula is C14H20N2O2. The lowest BCUT2D eigenvalue weighted by Gasteiger charge is -2.26. The lowest BCUT2D eigenvalue weighted by atomic mass is 9.95. The minimum Gasteiger partial charge on any atom is -0.325 e. The number of hydrogen-bond acceptors (Lipinski definition) is 3. The quantitative estimate of drug-likeness (QED) is 0.808. The number of carbonyl (C=O) groups is 2. The van der Waals surface area contributed by atoms with Crippen LogP contribution in [0.4, 0.5) is 5.69 Å². The zero-order chi connectivity index (χ0) is 13.7. The Morgan fingerprint density at radius 1 is 1.17 bits per heavy atom. The number of anilines is 1. The maximum Gasteiger partial charge on any atom is 0.236 e. The van der Waals surface area contributed by atoms with Crippen molar-refractivity contribution in [3.05, 3.63) is 30.3 Å². The molecule has 0 bridgehead atoms. The molecule has 1 N–H and O–H groups in total. The number of carbonyl (C=O) groups excluding carboxylic acids is 2. The van der Waals surface area contributed by atoms with E-state index in [2.05, 4.69) is 5.32 Å². The normalized spacial score (nSPS) is 14.1. The van der Waals surface area contributed by atoms with E-state index in [1.807, 2.05) is 44.1 Å². The van der Waals surface area contributed by atoms with Crippen molar-refractivity contribution in [2.75, 3.05) is 19.4 Å². The Labute approximate surface area is 108 Å². The Kier molecular flexibility index (Phi) is 5.04. The molecule has 0 saturated carbocycles. The zero-order valence-electron chi connectivity index (χ0n) is 11.3. The van der Waals surface area contributed by atoms with Crippen molar-refractivity contribution < 1.29 is 9.59 Å². The summed E-state index contributed by atoms with van der Waals surface area (Å²) in [6.45, 7) is 3.33. The first kappa shape index (κ1) is 14.4. The van der Waals surface area contributed by atoms with Gasteiger partial charge in [-0.3, -0.25) is 9.59 Å². The van der Waals surface area contributed by atoms with E-state index in [0.717, 1.165) is 0 Å². The molecule has 0 heterocycles. The standard InChI is InChI=1S/C14H20N2O2/c1-10(16(3)4)13(11(2)17)14(18)15-12-8-6-5-7-9-12/h5-10,13H,1-4H3,(H,15,18)/t10-,13+/m1/s1. The van der Waals surface area contributed by atoms with Gasteiger partial charge in [-0.1, -0.05) is 18.2 Å². The van der Waals surface area contributed by atoms with Crippen LogP contribution < -0.4 is 5.32 Å². The second-order valence-corrected chi connectivity index (χ2v) is 4.65. The van der Waals surface area contributed by atoms with Gasteiger partial charge >= 0.3 is 0 Å². The lowest BCUT2D eigenvalue weighted by molar-refractivity contribution is -0.132. The summed E-state index contributed by atoms with van der Waals surface area (Å²) < 4.78 is 0. The monoisotopic (exact) mass is 248 g/mol. The van der Waals surface area contributed by atoms with Crippen LogP contribution in [0.25, 0.3) is 0 Å². The average molecular weight is 248 g/mol. The highest BCUT2D eigenvalue weighted by Crippen LogP contribution is 2.14. The maximum atomic E-state index is 12.1. The predicted molar refractivity (Wildman–Crippen MR) is 72.4 cm³/mol. The average Bonchev–Trinajstić information content (AvgIpc) is 2.29. The van der Waals surface area contributed by atoms with Crippen molar-refractivity contribution in [3.63, 3.8) is 0 Å². The molecule has 1 rings (SSSR count). The van der Waals surface area contributed by atoms with Crippen LogP contribution in [0.15, 0.2) is 30.3 Å². The van der Waals surface area contributed by atoms with Crippen LogP contribution in [-0.2, 0) is 9.59 Å². The maximum absolute atomic E-state index is 12.1. The fourth-order valence-electron chi connectivity index (χ4n) is 1.78. The van der Waals surface area contributed by atoms with Crippen molar-refractivity contribution in [1.29, 1.82) is 0 Å². The number of ketones is 1. The molecule has 0 aliphatic heterocycles. The van der Waals surface area contributed by atoms with Gasteiger partial charge in [-0.05, 0) is 40.1 Å². The molecule has 2 atom stereocenters. The van der Waals surface area contributed by atoms with Crippen LogP contribution in [0.3, 0.4) is 0 Å². The lowest BCUT2D eigenvalue weighted by Crippen LogP contribution is -2.43. The van der Waals surface area contributed by atoms with E-state index in [1.54, 1.807) is 12.1 Å². The predicted octanol–water partition coefficient (Wildman–Crippen LogP) is 1.78. The van der Waals surface area contributed by atoms with Gasteiger partial charge in [-0.15, -0.1) is 0 Å². The minimum atomic E-state index is -0.653. The molecule has 0 aliphatic carbocycles. The van der Waals surface area contributed by atoms with Crippen LogP contribution in [0.1, 0.15) is 13.8 Å². The highest BCUT2D eigenvalue weighted by Gasteiger charge is 2.30. The summed E-state index contributed by atoms with van der Waals surface area (Å²) in [5, 5.41) is 2.77. The number of Topliss-reactive ketones (excluding diaryl/α,β-unsaturated/α-hetero) is 1. The molecule has 0 saturated heterocycles. The van der Waals surface area contributed by atoms with Crippen LogP contribution in [0, 0.1) is 5.92 Å². The van der Waals surface area contributed by atoms with Crippen molar-refractivity contribution in [1.82, 2.24) is 4.90 Å². The first-order valence-corrected chi connectivity index (χ1v) is 5.96. The van der Waals surface area contributed by atoms with Crippen LogP contribution in [0.2, 0.25) is 0 Å². The molecular weight excluding hydrogens is 228 g/mol. The number of amides is 1. The highest BCUT2D eigenvalue weighted by molar-refractivity contribution is 6.07. The summed E-state index contributed by atoms with van der Waals surface area (Å²) in [7, 11) is 3.72. The summed E-state index contributed by atoms with van der Waals surface area (Å²) in [5.41, 5.74) is 0.708.